The van der Waals surface area contributed by atoms with Crippen LogP contribution in [0.5, 0.6) is 0 Å². The molecule has 2 heterocycles. The lowest BCUT2D eigenvalue weighted by Crippen LogP contribution is -2.40. The van der Waals surface area contributed by atoms with E-state index in [1.807, 2.05) is 0 Å². The van der Waals surface area contributed by atoms with Crippen LogP contribution in [0.15, 0.2) is 0 Å². The van der Waals surface area contributed by atoms with Gasteiger partial charge >= 0.3 is 0 Å². The van der Waals surface area contributed by atoms with Gasteiger partial charge in [-0.2, -0.15) is 0 Å². The third-order valence-corrected chi connectivity index (χ3v) is 3.72. The second-order valence-corrected chi connectivity index (χ2v) is 4.93. The largest absolute Gasteiger partial charge is 0.354 e. The van der Waals surface area contributed by atoms with Gasteiger partial charge in [-0.05, 0) is 38.9 Å². The molecule has 92 valence electrons. The van der Waals surface area contributed by atoms with E-state index in [1.165, 1.54) is 32.4 Å². The maximum atomic E-state index is 11.1. The number of carbonyl (C=O) groups excluding carboxylic acids is 1. The summed E-state index contributed by atoms with van der Waals surface area (Å²) in [6.45, 7) is 6.63. The summed E-state index contributed by atoms with van der Waals surface area (Å²) in [6, 6.07) is 0.972. The zero-order chi connectivity index (χ0) is 11.4. The van der Waals surface area contributed by atoms with Crippen molar-refractivity contribution in [2.45, 2.75) is 44.7 Å². The Morgan fingerprint density at radius 1 is 1.38 bits per heavy atom. The molecule has 0 radical (unpaired) electrons. The van der Waals surface area contributed by atoms with Gasteiger partial charge in [-0.1, -0.05) is 6.92 Å². The van der Waals surface area contributed by atoms with E-state index in [2.05, 4.69) is 22.5 Å². The van der Waals surface area contributed by atoms with Gasteiger partial charge in [0.25, 0.3) is 0 Å². The van der Waals surface area contributed by atoms with Gasteiger partial charge in [0.2, 0.25) is 5.91 Å². The van der Waals surface area contributed by atoms with Crippen LogP contribution in [0.2, 0.25) is 0 Å². The summed E-state index contributed by atoms with van der Waals surface area (Å²) >= 11 is 0. The van der Waals surface area contributed by atoms with Gasteiger partial charge in [-0.3, -0.25) is 4.79 Å². The van der Waals surface area contributed by atoms with Crippen LogP contribution < -0.4 is 10.6 Å². The molecular weight excluding hydrogens is 202 g/mol. The van der Waals surface area contributed by atoms with Crippen molar-refractivity contribution in [1.29, 1.82) is 0 Å². The second-order valence-electron chi connectivity index (χ2n) is 4.93. The number of nitrogens with one attached hydrogen (secondary N) is 2. The molecule has 2 fully saturated rings. The van der Waals surface area contributed by atoms with Crippen LogP contribution in [0.1, 0.15) is 32.6 Å². The molecule has 1 amide bonds. The molecule has 0 aromatic carbocycles. The number of carbonyl (C=O) groups is 1. The van der Waals surface area contributed by atoms with E-state index in [1.54, 1.807) is 0 Å². The lowest BCUT2D eigenvalue weighted by atomic mass is 10.1. The van der Waals surface area contributed by atoms with Crippen LogP contribution in [0, 0.1) is 0 Å². The first-order chi connectivity index (χ1) is 7.78. The van der Waals surface area contributed by atoms with E-state index < -0.39 is 0 Å². The highest BCUT2D eigenvalue weighted by Gasteiger charge is 2.24. The third kappa shape index (κ3) is 3.19. The van der Waals surface area contributed by atoms with E-state index in [9.17, 15) is 4.79 Å². The highest BCUT2D eigenvalue weighted by Crippen LogP contribution is 2.12. The van der Waals surface area contributed by atoms with Crippen molar-refractivity contribution in [3.63, 3.8) is 0 Å². The maximum Gasteiger partial charge on any atom is 0.221 e. The Morgan fingerprint density at radius 2 is 2.25 bits per heavy atom. The van der Waals surface area contributed by atoms with Gasteiger partial charge < -0.3 is 15.5 Å². The topological polar surface area (TPSA) is 44.4 Å². The molecule has 2 unspecified atom stereocenters. The Kier molecular flexibility index (Phi) is 4.18. The SMILES string of the molecule is CCN1CCCC(NC2CNC(=O)C2)CC1. The minimum absolute atomic E-state index is 0.196. The van der Waals surface area contributed by atoms with Gasteiger partial charge in [0.1, 0.15) is 0 Å². The summed E-state index contributed by atoms with van der Waals surface area (Å²) in [5.41, 5.74) is 0. The van der Waals surface area contributed by atoms with E-state index in [4.69, 9.17) is 0 Å². The molecule has 0 bridgehead atoms. The molecule has 0 aromatic rings. The van der Waals surface area contributed by atoms with Gasteiger partial charge in [-0.25, -0.2) is 0 Å². The summed E-state index contributed by atoms with van der Waals surface area (Å²) in [6.07, 6.45) is 4.41. The first-order valence-corrected chi connectivity index (χ1v) is 6.53. The highest BCUT2D eigenvalue weighted by molar-refractivity contribution is 5.78. The Morgan fingerprint density at radius 3 is 2.94 bits per heavy atom. The molecule has 2 rings (SSSR count). The minimum Gasteiger partial charge on any atom is -0.354 e. The van der Waals surface area contributed by atoms with Crippen molar-refractivity contribution < 1.29 is 4.79 Å². The van der Waals surface area contributed by atoms with Crippen molar-refractivity contribution in [3.8, 4) is 0 Å². The minimum atomic E-state index is 0.196. The molecule has 0 aliphatic carbocycles. The van der Waals surface area contributed by atoms with Crippen molar-refractivity contribution in [3.05, 3.63) is 0 Å². The van der Waals surface area contributed by atoms with Crippen molar-refractivity contribution in [1.82, 2.24) is 15.5 Å². The predicted octanol–water partition coefficient (Wildman–Crippen LogP) is 0.339. The first-order valence-electron chi connectivity index (χ1n) is 6.53. The van der Waals surface area contributed by atoms with Gasteiger partial charge in [0, 0.05) is 25.0 Å². The van der Waals surface area contributed by atoms with Crippen LogP contribution >= 0.6 is 0 Å². The zero-order valence-electron chi connectivity index (χ0n) is 10.2. The van der Waals surface area contributed by atoms with Crippen LogP contribution in [-0.2, 0) is 4.79 Å². The van der Waals surface area contributed by atoms with Gasteiger partial charge in [0.05, 0.1) is 0 Å². The normalized spacial score (nSPS) is 32.4. The van der Waals surface area contributed by atoms with Crippen LogP contribution in [0.3, 0.4) is 0 Å². The molecule has 4 nitrogen and oxygen atoms in total. The van der Waals surface area contributed by atoms with Crippen LogP contribution in [0.4, 0.5) is 0 Å². The summed E-state index contributed by atoms with van der Waals surface area (Å²) < 4.78 is 0. The molecule has 2 aliphatic heterocycles. The van der Waals surface area contributed by atoms with E-state index in [-0.39, 0.29) is 5.91 Å². The lowest BCUT2D eigenvalue weighted by molar-refractivity contribution is -0.119. The van der Waals surface area contributed by atoms with E-state index in [0.717, 1.165) is 13.1 Å². The molecule has 2 aliphatic rings. The molecule has 0 spiro atoms. The molecule has 2 N–H and O–H groups in total. The number of hydrogen-bond donors (Lipinski definition) is 2. The predicted molar refractivity (Wildman–Crippen MR) is 64.3 cm³/mol. The standard InChI is InChI=1S/C12H23N3O/c1-2-15-6-3-4-10(5-7-15)14-11-8-12(16)13-9-11/h10-11,14H,2-9H2,1H3,(H,13,16). The van der Waals surface area contributed by atoms with Crippen LogP contribution in [0.25, 0.3) is 0 Å². The maximum absolute atomic E-state index is 11.1. The van der Waals surface area contributed by atoms with E-state index in [0.29, 0.717) is 18.5 Å². The molecule has 4 heteroatoms. The number of nitrogens with zero attached hydrogens (tertiary/aromatic N) is 1. The Balaban J connectivity index is 1.75. The molecule has 2 atom stereocenters. The Hall–Kier alpha value is -0.610. The first kappa shape index (κ1) is 11.9. The number of likely N-dealkylation sites (tertiary alicyclic amines) is 1. The summed E-state index contributed by atoms with van der Waals surface area (Å²) in [5.74, 6) is 0.196. The summed E-state index contributed by atoms with van der Waals surface area (Å²) in [5, 5.41) is 6.51. The lowest BCUT2D eigenvalue weighted by Gasteiger charge is -2.21. The van der Waals surface area contributed by atoms with E-state index >= 15 is 0 Å². The molecule has 16 heavy (non-hydrogen) atoms. The average Bonchev–Trinajstić information content (AvgIpc) is 2.55. The fourth-order valence-electron chi connectivity index (χ4n) is 2.70. The number of amides is 1. The Bertz CT molecular complexity index is 244. The zero-order valence-corrected chi connectivity index (χ0v) is 10.2. The van der Waals surface area contributed by atoms with Crippen molar-refractivity contribution in [2.75, 3.05) is 26.2 Å². The quantitative estimate of drug-likeness (QED) is 0.728. The Labute approximate surface area is 97.8 Å². The molecular formula is C12H23N3O. The second kappa shape index (κ2) is 5.64. The molecule has 0 saturated carbocycles. The fraction of sp³-hybridized carbons (Fsp3) is 0.917. The summed E-state index contributed by atoms with van der Waals surface area (Å²) in [4.78, 5) is 13.6. The highest BCUT2D eigenvalue weighted by atomic mass is 16.1. The summed E-state index contributed by atoms with van der Waals surface area (Å²) in [7, 11) is 0. The average molecular weight is 225 g/mol. The smallest absolute Gasteiger partial charge is 0.221 e. The number of hydrogen-bond acceptors (Lipinski definition) is 3. The monoisotopic (exact) mass is 225 g/mol. The number of rotatable bonds is 3. The molecule has 2 saturated heterocycles. The van der Waals surface area contributed by atoms with Gasteiger partial charge in [0.15, 0.2) is 0 Å². The molecule has 0 aromatic heterocycles. The fourth-order valence-corrected chi connectivity index (χ4v) is 2.70. The third-order valence-electron chi connectivity index (χ3n) is 3.72. The van der Waals surface area contributed by atoms with Crippen LogP contribution in [-0.4, -0.2) is 49.1 Å². The van der Waals surface area contributed by atoms with Gasteiger partial charge in [-0.15, -0.1) is 0 Å². The van der Waals surface area contributed by atoms with Crippen molar-refractivity contribution in [2.24, 2.45) is 0 Å². The van der Waals surface area contributed by atoms with Crippen molar-refractivity contribution >= 4 is 5.91 Å².